The number of hydrogen-bond donors (Lipinski definition) is 2. The quantitative estimate of drug-likeness (QED) is 0.667. The van der Waals surface area contributed by atoms with Gasteiger partial charge in [-0.2, -0.15) is 0 Å². The SMILES string of the molecule is Cc1cnc(CNC(=O)[C@@H]2CCCN(c3nc(-c4ccccc4)nc4c3CCC4)C2)[nH]1. The van der Waals surface area contributed by atoms with Gasteiger partial charge < -0.3 is 15.2 Å². The number of amides is 1. The number of carbonyl (C=O) groups excluding carboxylic acids is 1. The maximum absolute atomic E-state index is 12.9. The topological polar surface area (TPSA) is 86.8 Å². The van der Waals surface area contributed by atoms with Crippen LogP contribution in [0.3, 0.4) is 0 Å². The fourth-order valence-corrected chi connectivity index (χ4v) is 4.65. The maximum atomic E-state index is 12.9. The molecule has 7 nitrogen and oxygen atoms in total. The minimum atomic E-state index is -0.0444. The maximum Gasteiger partial charge on any atom is 0.225 e. The molecule has 1 aromatic carbocycles. The summed E-state index contributed by atoms with van der Waals surface area (Å²) >= 11 is 0. The lowest BCUT2D eigenvalue weighted by atomic mass is 9.96. The van der Waals surface area contributed by atoms with Crippen molar-refractivity contribution >= 4 is 11.7 Å². The normalized spacial score (nSPS) is 18.1. The van der Waals surface area contributed by atoms with E-state index in [1.807, 2.05) is 25.1 Å². The molecule has 160 valence electrons. The van der Waals surface area contributed by atoms with Gasteiger partial charge >= 0.3 is 0 Å². The molecule has 1 aliphatic carbocycles. The summed E-state index contributed by atoms with van der Waals surface area (Å²) < 4.78 is 0. The van der Waals surface area contributed by atoms with Gasteiger partial charge in [0, 0.05) is 41.8 Å². The summed E-state index contributed by atoms with van der Waals surface area (Å²) in [6, 6.07) is 10.2. The predicted octanol–water partition coefficient (Wildman–Crippen LogP) is 3.20. The Kier molecular flexibility index (Phi) is 5.40. The highest BCUT2D eigenvalue weighted by Gasteiger charge is 2.30. The number of aryl methyl sites for hydroxylation is 2. The summed E-state index contributed by atoms with van der Waals surface area (Å²) in [5.41, 5.74) is 4.48. The molecule has 0 saturated carbocycles. The number of fused-ring (bicyclic) bond motifs is 1. The summed E-state index contributed by atoms with van der Waals surface area (Å²) in [7, 11) is 0. The van der Waals surface area contributed by atoms with Crippen molar-refractivity contribution in [3.05, 3.63) is 59.3 Å². The molecular formula is C24H28N6O. The van der Waals surface area contributed by atoms with Crippen LogP contribution < -0.4 is 10.2 Å². The molecule has 0 radical (unpaired) electrons. The van der Waals surface area contributed by atoms with Crippen molar-refractivity contribution in [2.45, 2.75) is 45.6 Å². The van der Waals surface area contributed by atoms with E-state index in [0.29, 0.717) is 13.1 Å². The average Bonchev–Trinajstić information content (AvgIpc) is 3.46. The molecule has 7 heteroatoms. The Labute approximate surface area is 182 Å². The number of hydrogen-bond acceptors (Lipinski definition) is 5. The highest BCUT2D eigenvalue weighted by molar-refractivity contribution is 5.79. The minimum absolute atomic E-state index is 0.0444. The van der Waals surface area contributed by atoms with Crippen molar-refractivity contribution in [1.82, 2.24) is 25.3 Å². The first-order chi connectivity index (χ1) is 15.2. The van der Waals surface area contributed by atoms with E-state index in [-0.39, 0.29) is 11.8 Å². The molecule has 2 aliphatic rings. The highest BCUT2D eigenvalue weighted by atomic mass is 16.1. The van der Waals surface area contributed by atoms with Gasteiger partial charge in [-0.15, -0.1) is 0 Å². The zero-order chi connectivity index (χ0) is 21.2. The average molecular weight is 417 g/mol. The van der Waals surface area contributed by atoms with Gasteiger partial charge in [-0.05, 0) is 39.0 Å². The lowest BCUT2D eigenvalue weighted by Gasteiger charge is -2.34. The Hall–Kier alpha value is -3.22. The summed E-state index contributed by atoms with van der Waals surface area (Å²) in [6.07, 6.45) is 6.81. The van der Waals surface area contributed by atoms with Crippen LogP contribution in [0.1, 0.15) is 42.0 Å². The minimum Gasteiger partial charge on any atom is -0.355 e. The lowest BCUT2D eigenvalue weighted by molar-refractivity contribution is -0.125. The number of anilines is 1. The number of imidazole rings is 1. The second kappa shape index (κ2) is 8.49. The Balaban J connectivity index is 1.35. The Morgan fingerprint density at radius 1 is 1.19 bits per heavy atom. The number of nitrogens with one attached hydrogen (secondary N) is 2. The van der Waals surface area contributed by atoms with E-state index in [4.69, 9.17) is 9.97 Å². The van der Waals surface area contributed by atoms with Crippen LogP contribution in [0.5, 0.6) is 0 Å². The van der Waals surface area contributed by atoms with Crippen LogP contribution >= 0.6 is 0 Å². The summed E-state index contributed by atoms with van der Waals surface area (Å²) in [5, 5.41) is 3.05. The number of benzene rings is 1. The molecule has 5 rings (SSSR count). The molecule has 0 spiro atoms. The highest BCUT2D eigenvalue weighted by Crippen LogP contribution is 2.33. The second-order valence-corrected chi connectivity index (χ2v) is 8.53. The monoisotopic (exact) mass is 416 g/mol. The fraction of sp³-hybridized carbons (Fsp3) is 0.417. The van der Waals surface area contributed by atoms with Crippen LogP contribution in [-0.2, 0) is 24.2 Å². The first kappa shape index (κ1) is 19.7. The van der Waals surface area contributed by atoms with Crippen molar-refractivity contribution in [2.24, 2.45) is 5.92 Å². The van der Waals surface area contributed by atoms with Crippen molar-refractivity contribution in [1.29, 1.82) is 0 Å². The van der Waals surface area contributed by atoms with Crippen LogP contribution in [0.2, 0.25) is 0 Å². The third-order valence-corrected chi connectivity index (χ3v) is 6.22. The summed E-state index contributed by atoms with van der Waals surface area (Å²) in [6.45, 7) is 4.02. The van der Waals surface area contributed by atoms with E-state index in [2.05, 4.69) is 32.3 Å². The smallest absolute Gasteiger partial charge is 0.225 e. The Morgan fingerprint density at radius 3 is 2.87 bits per heavy atom. The first-order valence-corrected chi connectivity index (χ1v) is 11.2. The number of H-pyrrole nitrogens is 1. The third kappa shape index (κ3) is 4.17. The van der Waals surface area contributed by atoms with Gasteiger partial charge in [0.25, 0.3) is 0 Å². The van der Waals surface area contributed by atoms with E-state index in [1.165, 1.54) is 11.3 Å². The summed E-state index contributed by atoms with van der Waals surface area (Å²) in [5.74, 6) is 2.65. The van der Waals surface area contributed by atoms with Crippen molar-refractivity contribution in [2.75, 3.05) is 18.0 Å². The number of carbonyl (C=O) groups is 1. The van der Waals surface area contributed by atoms with Crippen LogP contribution in [0.25, 0.3) is 11.4 Å². The van der Waals surface area contributed by atoms with Crippen molar-refractivity contribution in [3.8, 4) is 11.4 Å². The number of nitrogens with zero attached hydrogens (tertiary/aromatic N) is 4. The fourth-order valence-electron chi connectivity index (χ4n) is 4.65. The molecule has 0 bridgehead atoms. The molecule has 2 aromatic heterocycles. The van der Waals surface area contributed by atoms with E-state index in [1.54, 1.807) is 6.20 Å². The molecule has 1 fully saturated rings. The molecule has 1 atom stereocenters. The Morgan fingerprint density at radius 2 is 2.06 bits per heavy atom. The van der Waals surface area contributed by atoms with Gasteiger partial charge in [-0.1, -0.05) is 30.3 Å². The molecule has 3 aromatic rings. The lowest BCUT2D eigenvalue weighted by Crippen LogP contribution is -2.43. The molecule has 31 heavy (non-hydrogen) atoms. The number of rotatable bonds is 5. The van der Waals surface area contributed by atoms with Gasteiger partial charge in [0.05, 0.1) is 12.5 Å². The van der Waals surface area contributed by atoms with E-state index < -0.39 is 0 Å². The zero-order valence-electron chi connectivity index (χ0n) is 17.9. The molecule has 1 saturated heterocycles. The van der Waals surface area contributed by atoms with E-state index >= 15 is 0 Å². The largest absolute Gasteiger partial charge is 0.355 e. The van der Waals surface area contributed by atoms with E-state index in [9.17, 15) is 4.79 Å². The first-order valence-electron chi connectivity index (χ1n) is 11.2. The van der Waals surface area contributed by atoms with Crippen LogP contribution in [0.4, 0.5) is 5.82 Å². The zero-order valence-corrected chi connectivity index (χ0v) is 17.9. The number of aromatic amines is 1. The summed E-state index contributed by atoms with van der Waals surface area (Å²) in [4.78, 5) is 32.5. The van der Waals surface area contributed by atoms with Crippen molar-refractivity contribution in [3.63, 3.8) is 0 Å². The molecule has 2 N–H and O–H groups in total. The molecule has 3 heterocycles. The standard InChI is InChI=1S/C24H28N6O/c1-16-13-25-21(27-16)14-26-24(31)18-9-6-12-30(15-18)23-19-10-5-11-20(19)28-22(29-23)17-7-3-2-4-8-17/h2-4,7-8,13,18H,5-6,9-12,14-15H2,1H3,(H,25,27)(H,26,31)/t18-/m1/s1. The molecule has 1 amide bonds. The van der Waals surface area contributed by atoms with Crippen LogP contribution in [0, 0.1) is 12.8 Å². The number of piperidine rings is 1. The van der Waals surface area contributed by atoms with Gasteiger partial charge in [0.15, 0.2) is 5.82 Å². The van der Waals surface area contributed by atoms with E-state index in [0.717, 1.165) is 67.4 Å². The second-order valence-electron chi connectivity index (χ2n) is 8.53. The van der Waals surface area contributed by atoms with Gasteiger partial charge in [-0.25, -0.2) is 15.0 Å². The molecule has 1 aliphatic heterocycles. The Bertz CT molecular complexity index is 1080. The van der Waals surface area contributed by atoms with Gasteiger partial charge in [0.2, 0.25) is 5.91 Å². The predicted molar refractivity (Wildman–Crippen MR) is 120 cm³/mol. The van der Waals surface area contributed by atoms with Crippen molar-refractivity contribution < 1.29 is 4.79 Å². The van der Waals surface area contributed by atoms with Crippen LogP contribution in [-0.4, -0.2) is 38.9 Å². The number of aromatic nitrogens is 4. The van der Waals surface area contributed by atoms with Crippen LogP contribution in [0.15, 0.2) is 36.5 Å². The molecular weight excluding hydrogens is 388 g/mol. The van der Waals surface area contributed by atoms with Gasteiger partial charge in [-0.3, -0.25) is 4.79 Å². The van der Waals surface area contributed by atoms with Gasteiger partial charge in [0.1, 0.15) is 11.6 Å². The third-order valence-electron chi connectivity index (χ3n) is 6.22. The molecule has 0 unspecified atom stereocenters.